The molecule has 330 valence electrons. The molecule has 6 aliphatic carbocycles. The van der Waals surface area contributed by atoms with Crippen LogP contribution in [0.15, 0.2) is 76.4 Å². The number of imide groups is 1. The van der Waals surface area contributed by atoms with E-state index in [-0.39, 0.29) is 64.8 Å². The number of rotatable bonds is 8. The fraction of sp³-hybridized carbons (Fsp3) is 0.612. The zero-order chi connectivity index (χ0) is 42.8. The van der Waals surface area contributed by atoms with E-state index in [1.165, 1.54) is 49.2 Å². The molecule has 5 heterocycles. The number of carbonyl (C=O) groups is 4. The normalized spacial score (nSPS) is 35.2. The first kappa shape index (κ1) is 42.3. The van der Waals surface area contributed by atoms with Crippen LogP contribution in [0.2, 0.25) is 0 Å². The highest BCUT2D eigenvalue weighted by molar-refractivity contribution is 8.76. The highest BCUT2D eigenvalue weighted by Gasteiger charge is 2.69. The molecule has 1 aromatic heterocycles. The number of aliphatic hydroxyl groups is 1. The Kier molecular flexibility index (Phi) is 11.6. The molecule has 1 aromatic rings. The molecule has 13 heteroatoms. The Morgan fingerprint density at radius 2 is 1.79 bits per heavy atom. The lowest BCUT2D eigenvalue weighted by Gasteiger charge is -2.57. The maximum atomic E-state index is 15.1. The second-order valence-electron chi connectivity index (χ2n) is 19.5. The molecule has 1 saturated heterocycles. The number of cyclic esters (lactones) is 1. The summed E-state index contributed by atoms with van der Waals surface area (Å²) >= 11 is 0. The Hall–Kier alpha value is -3.65. The van der Waals surface area contributed by atoms with Gasteiger partial charge in [-0.1, -0.05) is 73.5 Å². The van der Waals surface area contributed by atoms with Crippen molar-refractivity contribution < 1.29 is 33.8 Å². The van der Waals surface area contributed by atoms with Gasteiger partial charge in [0.2, 0.25) is 0 Å². The minimum Gasteiger partial charge on any atom is -0.427 e. The molecule has 0 radical (unpaired) electrons. The number of esters is 2. The van der Waals surface area contributed by atoms with Crippen molar-refractivity contribution >= 4 is 51.2 Å². The van der Waals surface area contributed by atoms with Gasteiger partial charge in [0.1, 0.15) is 17.3 Å². The van der Waals surface area contributed by atoms with Crippen molar-refractivity contribution in [2.45, 2.75) is 128 Å². The molecule has 0 aromatic carbocycles. The van der Waals surface area contributed by atoms with Crippen molar-refractivity contribution in [3.63, 3.8) is 0 Å². The second-order valence-corrected chi connectivity index (χ2v) is 22.0. The van der Waals surface area contributed by atoms with E-state index in [0.717, 1.165) is 73.0 Å². The highest BCUT2D eigenvalue weighted by Crippen LogP contribution is 2.72. The maximum Gasteiger partial charge on any atom is 0.340 e. The van der Waals surface area contributed by atoms with Crippen molar-refractivity contribution in [3.8, 4) is 0 Å². The lowest BCUT2D eigenvalue weighted by molar-refractivity contribution is -0.137. The number of aromatic nitrogens is 1. The van der Waals surface area contributed by atoms with Gasteiger partial charge in [0, 0.05) is 54.4 Å². The zero-order valence-electron chi connectivity index (χ0n) is 36.0. The molecule has 4 aliphatic heterocycles. The maximum absolute atomic E-state index is 15.1. The van der Waals surface area contributed by atoms with Crippen molar-refractivity contribution in [1.29, 1.82) is 0 Å². The summed E-state index contributed by atoms with van der Waals surface area (Å²) in [4.78, 5) is 62.4. The predicted octanol–water partition coefficient (Wildman–Crippen LogP) is 8.62. The van der Waals surface area contributed by atoms with Crippen LogP contribution in [0.25, 0.3) is 0 Å². The summed E-state index contributed by atoms with van der Waals surface area (Å²) in [7, 11) is 3.49. The average Bonchev–Trinajstić information content (AvgIpc) is 4.04. The Morgan fingerprint density at radius 1 is 1.00 bits per heavy atom. The lowest BCUT2D eigenvalue weighted by atomic mass is 9.43. The minimum atomic E-state index is -0.917. The lowest BCUT2D eigenvalue weighted by Crippen LogP contribution is -2.53. The SMILES string of the molecule is CCC1(/C=C2\OC(=O)C3=C2CC[C@H]2[C@@H]4CC[C@@]5(C6=C4[C@@H](CN4C(=O)C=CC4=O)c4ccnc(c4)NCSS[C@@H](NC[C@H](C)O)[C@H](C4CCCCC4)C/C=C/5OC6=O)[C@@H]32)CCCC1. The molecule has 1 spiro atoms. The van der Waals surface area contributed by atoms with Crippen molar-refractivity contribution in [2.75, 3.05) is 24.3 Å². The van der Waals surface area contributed by atoms with Crippen LogP contribution in [0.1, 0.15) is 122 Å². The summed E-state index contributed by atoms with van der Waals surface area (Å²) in [5.74, 6) is 0.980. The molecule has 2 amide bonds. The summed E-state index contributed by atoms with van der Waals surface area (Å²) in [6.45, 7) is 4.59. The number of allylic oxidation sites excluding steroid dienone is 4. The summed E-state index contributed by atoms with van der Waals surface area (Å²) in [5.41, 5.74) is 3.25. The molecular formula is C49H60N4O7S2. The number of nitrogens with zero attached hydrogens (tertiary/aromatic N) is 2. The van der Waals surface area contributed by atoms with Gasteiger partial charge in [-0.3, -0.25) is 14.5 Å². The molecule has 3 N–H and O–H groups in total. The van der Waals surface area contributed by atoms with Gasteiger partial charge < -0.3 is 25.2 Å². The predicted molar refractivity (Wildman–Crippen MR) is 240 cm³/mol. The van der Waals surface area contributed by atoms with Crippen LogP contribution in [0, 0.1) is 40.4 Å². The zero-order valence-corrected chi connectivity index (χ0v) is 37.6. The van der Waals surface area contributed by atoms with Crippen molar-refractivity contribution in [3.05, 3.63) is 82.0 Å². The number of pyridine rings is 1. The van der Waals surface area contributed by atoms with Gasteiger partial charge in [-0.05, 0) is 123 Å². The van der Waals surface area contributed by atoms with Gasteiger partial charge >= 0.3 is 11.9 Å². The molecule has 62 heavy (non-hydrogen) atoms. The second kappa shape index (κ2) is 17.0. The molecular weight excluding hydrogens is 821 g/mol. The first-order chi connectivity index (χ1) is 30.1. The standard InChI is InChI=1S/C49H60N4O7S2/c1-3-48(19-7-8-20-48)24-36-34-12-11-33-32-17-21-49(43(33)42(34)46(57)59-36)37-14-13-31(29-9-5-4-6-10-29)45(51-25-28(2)54)62-61-27-52-38-23-30(18-22-50-38)35(41(32)44(49)47(58)60-37)26-53-39(55)15-16-40(53)56/h14-16,18,22-24,28-29,31-33,35,43,45,51,54H,3-13,17,19-21,25-27H2,1-2H3,(H,50,52)/b36-24-,37-14-/t28-,31-,32-,33-,35-,43+,45+,49-/m0/s1. The molecule has 8 atom stereocenters. The van der Waals surface area contributed by atoms with E-state index in [2.05, 4.69) is 29.7 Å². The Labute approximate surface area is 372 Å². The number of hydrogen-bond donors (Lipinski definition) is 3. The number of ether oxygens (including phenoxy) is 2. The first-order valence-electron chi connectivity index (χ1n) is 23.4. The minimum absolute atomic E-state index is 0.00932. The van der Waals surface area contributed by atoms with Crippen LogP contribution < -0.4 is 10.6 Å². The van der Waals surface area contributed by atoms with Crippen molar-refractivity contribution in [2.24, 2.45) is 40.4 Å². The number of aliphatic hydroxyl groups excluding tert-OH is 1. The summed E-state index contributed by atoms with van der Waals surface area (Å²) in [6.07, 6.45) is 23.4. The van der Waals surface area contributed by atoms with Crippen LogP contribution in [-0.2, 0) is 28.7 Å². The third-order valence-corrected chi connectivity index (χ3v) is 18.8. The highest BCUT2D eigenvalue weighted by atomic mass is 33.1. The fourth-order valence-corrected chi connectivity index (χ4v) is 15.9. The van der Waals surface area contributed by atoms with Crippen LogP contribution >= 0.6 is 21.6 Å². The van der Waals surface area contributed by atoms with E-state index in [0.29, 0.717) is 54.8 Å². The summed E-state index contributed by atoms with van der Waals surface area (Å²) in [5, 5.41) is 17.8. The molecule has 11 rings (SSSR count). The molecule has 11 nitrogen and oxygen atoms in total. The first-order valence-corrected chi connectivity index (χ1v) is 25.8. The van der Waals surface area contributed by atoms with Gasteiger partial charge in [-0.15, -0.1) is 0 Å². The number of hydrogen-bond acceptors (Lipinski definition) is 12. The third-order valence-electron chi connectivity index (χ3n) is 16.3. The fourth-order valence-electron chi connectivity index (χ4n) is 13.4. The number of anilines is 1. The van der Waals surface area contributed by atoms with E-state index in [4.69, 9.17) is 14.5 Å². The van der Waals surface area contributed by atoms with Gasteiger partial charge in [-0.2, -0.15) is 0 Å². The number of amides is 2. The molecule has 4 fully saturated rings. The van der Waals surface area contributed by atoms with Crippen LogP contribution in [0.5, 0.6) is 0 Å². The van der Waals surface area contributed by atoms with Gasteiger partial charge in [-0.25, -0.2) is 14.6 Å². The number of nitrogens with one attached hydrogen (secondary N) is 2. The van der Waals surface area contributed by atoms with Gasteiger partial charge in [0.05, 0.1) is 28.3 Å². The quantitative estimate of drug-likeness (QED) is 0.131. The van der Waals surface area contributed by atoms with E-state index in [1.54, 1.807) is 27.8 Å². The largest absolute Gasteiger partial charge is 0.427 e. The van der Waals surface area contributed by atoms with E-state index in [9.17, 15) is 19.5 Å². The molecule has 0 unspecified atom stereocenters. The van der Waals surface area contributed by atoms with E-state index >= 15 is 4.79 Å². The molecule has 10 aliphatic rings. The van der Waals surface area contributed by atoms with E-state index < -0.39 is 17.4 Å². The van der Waals surface area contributed by atoms with Crippen molar-refractivity contribution in [1.82, 2.24) is 15.2 Å². The number of carbonyl (C=O) groups excluding carboxylic acids is 4. The Bertz CT molecular complexity index is 2170. The number of fused-ring (bicyclic) bond motifs is 3. The van der Waals surface area contributed by atoms with Gasteiger partial charge in [0.15, 0.2) is 0 Å². The smallest absolute Gasteiger partial charge is 0.340 e. The molecule has 3 saturated carbocycles. The van der Waals surface area contributed by atoms with E-state index in [1.807, 2.05) is 19.1 Å². The average molecular weight is 881 g/mol. The van der Waals surface area contributed by atoms with Crippen LogP contribution in [-0.4, -0.2) is 69.2 Å². The van der Waals surface area contributed by atoms with Crippen LogP contribution in [0.4, 0.5) is 5.82 Å². The molecule has 7 bridgehead atoms. The monoisotopic (exact) mass is 880 g/mol. The topological polar surface area (TPSA) is 147 Å². The third kappa shape index (κ3) is 7.25. The Morgan fingerprint density at radius 3 is 2.55 bits per heavy atom. The van der Waals surface area contributed by atoms with Crippen LogP contribution in [0.3, 0.4) is 0 Å². The summed E-state index contributed by atoms with van der Waals surface area (Å²) in [6, 6.07) is 3.95. The Balaban J connectivity index is 1.17. The summed E-state index contributed by atoms with van der Waals surface area (Å²) < 4.78 is 13.1. The van der Waals surface area contributed by atoms with Gasteiger partial charge in [0.25, 0.3) is 11.8 Å².